The highest BCUT2D eigenvalue weighted by Crippen LogP contribution is 2.45. The molecule has 0 amide bonds. The van der Waals surface area contributed by atoms with Gasteiger partial charge in [-0.1, -0.05) is 176 Å². The van der Waals surface area contributed by atoms with Gasteiger partial charge in [-0.25, -0.2) is 9.59 Å². The minimum absolute atomic E-state index is 0. The van der Waals surface area contributed by atoms with Crippen molar-refractivity contribution in [3.8, 4) is 0 Å². The first-order valence-electron chi connectivity index (χ1n) is 36.4. The van der Waals surface area contributed by atoms with E-state index in [1.807, 2.05) is 36.4 Å². The van der Waals surface area contributed by atoms with E-state index in [0.29, 0.717) is 68.9 Å². The number of unbranched alkanes of at least 4 members (excludes halogenated alkanes) is 8. The number of allylic oxidation sites excluding steroid dienone is 4. The number of hydrogen-bond donors (Lipinski definition) is 5. The fraction of sp³-hybridized carbons (Fsp3) is 0.623. The molecular weight excluding hydrogens is 1370 g/mol. The van der Waals surface area contributed by atoms with E-state index in [2.05, 4.69) is 89.0 Å². The second-order valence-electron chi connectivity index (χ2n) is 27.1. The number of hydrogen-bond acceptors (Lipinski definition) is 18. The van der Waals surface area contributed by atoms with Crippen LogP contribution in [0, 0.1) is 47.3 Å². The molecular formula is C77H122O20P4. The highest BCUT2D eigenvalue weighted by atomic mass is 31.0. The molecule has 2 aromatic carbocycles. The molecule has 8 rings (SSSR count). The number of carboxylic acid groups (broad SMARTS) is 2. The van der Waals surface area contributed by atoms with Crippen molar-refractivity contribution in [3.63, 3.8) is 0 Å². The molecule has 0 bridgehead atoms. The lowest BCUT2D eigenvalue weighted by Gasteiger charge is -2.21. The number of rotatable bonds is 39. The summed E-state index contributed by atoms with van der Waals surface area (Å²) in [6.45, 7) is 6.39. The maximum atomic E-state index is 12.4. The van der Waals surface area contributed by atoms with Crippen molar-refractivity contribution in [3.05, 3.63) is 133 Å². The fourth-order valence-electron chi connectivity index (χ4n) is 14.2. The fourth-order valence-corrected chi connectivity index (χ4v) is 15.2. The number of aliphatic carboxylic acids is 2. The van der Waals surface area contributed by atoms with Crippen molar-refractivity contribution in [2.45, 2.75) is 249 Å². The van der Waals surface area contributed by atoms with Crippen LogP contribution in [0.1, 0.15) is 214 Å². The lowest BCUT2D eigenvalue weighted by molar-refractivity contribution is -0.143. The number of carboxylic acids is 2. The van der Waals surface area contributed by atoms with Crippen molar-refractivity contribution in [1.29, 1.82) is 0 Å². The Bertz CT molecular complexity index is 2950. The SMILES string of the molecule is CCCCCC(/C=C/[C@H]1C(OP)CC(=O)[C@@H]1C/C=C\CCCC(=O)O)OP.CCCCCC(/C=C/[C@H]1C(OP)CC(O)[C@@H]1C/C=C\CCCC(=O)O)OP.CCCCCC(O)/C=C/[C@H]1C(OC(=O)c2ccccc2)CC2OC(=O)C[C@@H]21.O=C1C[C@H]2C(CC(OC(=O)c3ccccc3)[C@@H]2CO)O1.[3HH].[3HH].[3HH].[3HH]. The van der Waals surface area contributed by atoms with Crippen LogP contribution in [-0.4, -0.2) is 135 Å². The number of aliphatic hydroxyl groups excluding tert-OH is 3. The van der Waals surface area contributed by atoms with E-state index in [-0.39, 0.29) is 139 Å². The average molecular weight is 1500 g/mol. The van der Waals surface area contributed by atoms with Gasteiger partial charge in [0, 0.05) is 130 Å². The molecule has 6 aliphatic rings. The molecule has 0 spiro atoms. The quantitative estimate of drug-likeness (QED) is 0.0137. The van der Waals surface area contributed by atoms with Gasteiger partial charge in [0.05, 0.1) is 60.6 Å². The van der Waals surface area contributed by atoms with Gasteiger partial charge in [0.25, 0.3) is 0 Å². The zero-order valence-corrected chi connectivity index (χ0v) is 63.8. The standard InChI is InChI=1S/C22H28O5.C20H36O5P2.C20H34O5P2.C15H16O5.4H2/c1-2-3-5-10-16(23)11-12-17-18-13-21(24)26-20(18)14-19(17)27-22(25)15-8-6-4-7-9-15;2*1-2-3-6-9-15(24-26)12-13-17-16(18(21)14-19(17)25-27)10-7-4-5-8-11-20(22)23;16-8-11-10-6-14(17)19-12(10)7-13(11)20-15(18)9-4-2-1-3-5-9;;;;/h4,6-9,11-12,16-20,23H,2-3,5,10,13-14H2,1H3;4,7,12-13,15-19,21H,2-3,5-6,8-11,14,26-27H2,1H3,(H,22,23);4,7,12-13,15-17,19H,2-3,5-6,8-11,14,26-27H2,1H3,(H,22,23);1-5,10-13,16H,6-8H2;4*1H/b12-11+;2*7-4-,13-12+;;;;;/t16?,17-,18-,19?,20?;15?,16-,17-,18?,19?;15?,16-,17-,19?;10-,11-,12?,13?;;;;/m1111..../s1/i;;;;4*1+2. The second kappa shape index (κ2) is 49.0. The van der Waals surface area contributed by atoms with Gasteiger partial charge in [0.2, 0.25) is 0 Å². The normalized spacial score (nSPS) is 27.5. The molecule has 4 aliphatic carbocycles. The third-order valence-corrected chi connectivity index (χ3v) is 21.2. The molecule has 14 unspecified atom stereocenters. The number of esters is 4. The zero-order valence-electron chi connectivity index (χ0n) is 59.2. The smallest absolute Gasteiger partial charge is 0.338 e. The van der Waals surface area contributed by atoms with Crippen LogP contribution in [0.25, 0.3) is 0 Å². The predicted octanol–water partition coefficient (Wildman–Crippen LogP) is 15.4. The lowest BCUT2D eigenvalue weighted by Crippen LogP contribution is -2.28. The molecule has 24 heteroatoms. The van der Waals surface area contributed by atoms with Crippen LogP contribution in [-0.2, 0) is 61.0 Å². The molecule has 2 aliphatic heterocycles. The first kappa shape index (κ1) is 86.7. The van der Waals surface area contributed by atoms with Crippen molar-refractivity contribution in [1.82, 2.24) is 0 Å². The van der Waals surface area contributed by atoms with Gasteiger partial charge in [0.1, 0.15) is 30.2 Å². The van der Waals surface area contributed by atoms with E-state index in [1.165, 1.54) is 25.7 Å². The van der Waals surface area contributed by atoms with E-state index in [1.54, 1.807) is 54.6 Å². The monoisotopic (exact) mass is 1500 g/mol. The molecule has 20 nitrogen and oxygen atoms in total. The van der Waals surface area contributed by atoms with E-state index in [4.69, 9.17) is 47.3 Å². The van der Waals surface area contributed by atoms with E-state index >= 15 is 0 Å². The molecule has 22 atom stereocenters. The van der Waals surface area contributed by atoms with Crippen LogP contribution >= 0.6 is 37.9 Å². The summed E-state index contributed by atoms with van der Waals surface area (Å²) in [6.07, 6.45) is 38.1. The largest absolute Gasteiger partial charge is 0.481 e. The van der Waals surface area contributed by atoms with Crippen LogP contribution in [0.4, 0.5) is 0 Å². The first-order valence-corrected chi connectivity index (χ1v) is 38.3. The number of carbonyl (C=O) groups is 7. The third kappa shape index (κ3) is 30.2. The molecule has 4 saturated carbocycles. The summed E-state index contributed by atoms with van der Waals surface area (Å²) in [6, 6.07) is 17.6. The Kier molecular flexibility index (Phi) is 42.0. The summed E-state index contributed by atoms with van der Waals surface area (Å²) in [5.74, 6) is -2.70. The molecule has 0 aromatic heterocycles. The Morgan fingerprint density at radius 3 is 1.52 bits per heavy atom. The van der Waals surface area contributed by atoms with Crippen molar-refractivity contribution < 1.29 is 102 Å². The van der Waals surface area contributed by atoms with Gasteiger partial charge in [-0.05, 0) is 88.0 Å². The molecule has 6 fully saturated rings. The van der Waals surface area contributed by atoms with Crippen LogP contribution in [0.15, 0.2) is 121 Å². The van der Waals surface area contributed by atoms with E-state index < -0.39 is 36.2 Å². The number of ether oxygens (including phenoxy) is 4. The Hall–Kier alpha value is -4.93. The number of benzene rings is 2. The third-order valence-electron chi connectivity index (χ3n) is 19.8. The maximum absolute atomic E-state index is 12.4. The van der Waals surface area contributed by atoms with E-state index in [9.17, 15) is 48.9 Å². The Labute approximate surface area is 613 Å². The number of Topliss-reactive ketones (excluding diaryl/α,β-unsaturated/α-hetero) is 1. The van der Waals surface area contributed by atoms with Crippen molar-refractivity contribution in [2.24, 2.45) is 47.3 Å². The molecule has 0 radical (unpaired) electrons. The summed E-state index contributed by atoms with van der Waals surface area (Å²) in [5, 5.41) is 47.5. The molecule has 2 saturated heterocycles. The molecule has 101 heavy (non-hydrogen) atoms. The van der Waals surface area contributed by atoms with Crippen molar-refractivity contribution in [2.75, 3.05) is 6.61 Å². The van der Waals surface area contributed by atoms with Crippen LogP contribution in [0.2, 0.25) is 0 Å². The van der Waals surface area contributed by atoms with Crippen molar-refractivity contribution >= 4 is 79.5 Å². The average Bonchev–Trinajstić information content (AvgIpc) is 1.64. The minimum atomic E-state index is -0.773. The van der Waals surface area contributed by atoms with Gasteiger partial charge in [-0.3, -0.25) is 24.0 Å². The van der Waals surface area contributed by atoms with Crippen LogP contribution in [0.5, 0.6) is 0 Å². The molecule has 5 N–H and O–H groups in total. The number of carbonyl (C=O) groups excluding carboxylic acids is 5. The molecule has 570 valence electrons. The first-order chi connectivity index (χ1) is 48.8. The van der Waals surface area contributed by atoms with Gasteiger partial charge in [0.15, 0.2) is 0 Å². The Morgan fingerprint density at radius 1 is 0.545 bits per heavy atom. The Morgan fingerprint density at radius 2 is 1.02 bits per heavy atom. The number of fused-ring (bicyclic) bond motifs is 2. The molecule has 2 aromatic rings. The van der Waals surface area contributed by atoms with Gasteiger partial charge in [-0.15, -0.1) is 0 Å². The Balaban J connectivity index is 0.000000695. The number of ketones is 1. The summed E-state index contributed by atoms with van der Waals surface area (Å²) in [5.41, 5.74) is 0.993. The topological polar surface area (TPSA) is 294 Å². The van der Waals surface area contributed by atoms with Gasteiger partial charge >= 0.3 is 35.8 Å². The maximum Gasteiger partial charge on any atom is 0.338 e. The summed E-state index contributed by atoms with van der Waals surface area (Å²) in [7, 11) is 9.31. The van der Waals surface area contributed by atoms with Gasteiger partial charge < -0.3 is 62.6 Å². The second-order valence-corrected chi connectivity index (χ2v) is 28.2. The predicted molar refractivity (Wildman–Crippen MR) is 408 cm³/mol. The summed E-state index contributed by atoms with van der Waals surface area (Å²) < 4.78 is 43.8. The zero-order chi connectivity index (χ0) is 73.5. The number of aliphatic hydroxyl groups is 3. The summed E-state index contributed by atoms with van der Waals surface area (Å²) >= 11 is 0. The highest BCUT2D eigenvalue weighted by molar-refractivity contribution is 7.10. The van der Waals surface area contributed by atoms with E-state index in [0.717, 1.165) is 70.6 Å². The summed E-state index contributed by atoms with van der Waals surface area (Å²) in [4.78, 5) is 80.9. The van der Waals surface area contributed by atoms with Crippen LogP contribution in [0.3, 0.4) is 0 Å². The lowest BCUT2D eigenvalue weighted by atomic mass is 9.89. The van der Waals surface area contributed by atoms with Gasteiger partial charge in [-0.2, -0.15) is 0 Å². The van der Waals surface area contributed by atoms with Crippen LogP contribution < -0.4 is 0 Å². The minimum Gasteiger partial charge on any atom is -0.481 e. The highest BCUT2D eigenvalue weighted by Gasteiger charge is 2.52. The molecule has 2 heterocycles.